The minimum atomic E-state index is -3.35. The summed E-state index contributed by atoms with van der Waals surface area (Å²) in [6, 6.07) is 1.83. The summed E-state index contributed by atoms with van der Waals surface area (Å²) in [5.74, 6) is 1.29. The fraction of sp³-hybridized carbons (Fsp3) is 0.667. The van der Waals surface area contributed by atoms with Crippen LogP contribution in [0.3, 0.4) is 0 Å². The first-order valence-electron chi connectivity index (χ1n) is 6.38. The van der Waals surface area contributed by atoms with Gasteiger partial charge in [-0.2, -0.15) is 0 Å². The van der Waals surface area contributed by atoms with Gasteiger partial charge in [0.15, 0.2) is 0 Å². The molecule has 6 heteroatoms. The van der Waals surface area contributed by atoms with Crippen molar-refractivity contribution in [1.82, 2.24) is 4.72 Å². The lowest BCUT2D eigenvalue weighted by Crippen LogP contribution is -2.38. The molecule has 0 saturated heterocycles. The van der Waals surface area contributed by atoms with E-state index in [0.29, 0.717) is 17.4 Å². The van der Waals surface area contributed by atoms with E-state index in [0.717, 1.165) is 17.2 Å². The second-order valence-corrected chi connectivity index (χ2v) is 8.07. The van der Waals surface area contributed by atoms with Crippen LogP contribution in [0.5, 0.6) is 0 Å². The maximum Gasteiger partial charge on any atom is 0.241 e. The SMILES string of the molecule is NCc1cc(S(=O)(=O)NC2CC3CCC2C3)cs1. The molecule has 100 valence electrons. The second-order valence-electron chi connectivity index (χ2n) is 5.36. The van der Waals surface area contributed by atoms with Crippen LogP contribution in [0.4, 0.5) is 0 Å². The molecule has 3 N–H and O–H groups in total. The van der Waals surface area contributed by atoms with Crippen molar-refractivity contribution in [3.05, 3.63) is 16.3 Å². The molecule has 0 radical (unpaired) electrons. The molecule has 3 atom stereocenters. The highest BCUT2D eigenvalue weighted by molar-refractivity contribution is 7.89. The third kappa shape index (κ3) is 2.22. The number of hydrogen-bond donors (Lipinski definition) is 2. The number of hydrogen-bond acceptors (Lipinski definition) is 4. The van der Waals surface area contributed by atoms with Crippen LogP contribution in [0.25, 0.3) is 0 Å². The number of rotatable bonds is 4. The zero-order valence-electron chi connectivity index (χ0n) is 10.1. The third-order valence-corrected chi connectivity index (χ3v) is 6.76. The van der Waals surface area contributed by atoms with Gasteiger partial charge in [0.05, 0.1) is 4.90 Å². The molecule has 18 heavy (non-hydrogen) atoms. The van der Waals surface area contributed by atoms with Crippen LogP contribution in [0.1, 0.15) is 30.6 Å². The molecule has 3 unspecified atom stereocenters. The fourth-order valence-electron chi connectivity index (χ4n) is 3.26. The Hall–Kier alpha value is -0.430. The highest BCUT2D eigenvalue weighted by atomic mass is 32.2. The van der Waals surface area contributed by atoms with Crippen molar-refractivity contribution in [2.45, 2.75) is 43.2 Å². The van der Waals surface area contributed by atoms with E-state index in [2.05, 4.69) is 4.72 Å². The molecule has 2 aliphatic carbocycles. The first-order valence-corrected chi connectivity index (χ1v) is 8.74. The molecular weight excluding hydrogens is 268 g/mol. The van der Waals surface area contributed by atoms with E-state index < -0.39 is 10.0 Å². The first kappa shape index (κ1) is 12.6. The van der Waals surface area contributed by atoms with Gasteiger partial charge in [0.2, 0.25) is 10.0 Å². The van der Waals surface area contributed by atoms with E-state index in [1.807, 2.05) is 0 Å². The normalized spacial score (nSPS) is 31.1. The zero-order chi connectivity index (χ0) is 12.8. The lowest BCUT2D eigenvalue weighted by molar-refractivity contribution is 0.390. The van der Waals surface area contributed by atoms with Crippen molar-refractivity contribution in [3.8, 4) is 0 Å². The largest absolute Gasteiger partial charge is 0.326 e. The van der Waals surface area contributed by atoms with Crippen molar-refractivity contribution in [3.63, 3.8) is 0 Å². The Morgan fingerprint density at radius 3 is 2.78 bits per heavy atom. The number of sulfonamides is 1. The Morgan fingerprint density at radius 1 is 1.39 bits per heavy atom. The van der Waals surface area contributed by atoms with Crippen LogP contribution in [-0.4, -0.2) is 14.5 Å². The van der Waals surface area contributed by atoms with Gasteiger partial charge in [0.25, 0.3) is 0 Å². The Bertz CT molecular complexity index is 538. The molecular formula is C12H18N2O2S2. The van der Waals surface area contributed by atoms with Gasteiger partial charge in [-0.25, -0.2) is 13.1 Å². The molecule has 2 bridgehead atoms. The first-order chi connectivity index (χ1) is 8.58. The van der Waals surface area contributed by atoms with Gasteiger partial charge in [-0.15, -0.1) is 11.3 Å². The van der Waals surface area contributed by atoms with Gasteiger partial charge in [-0.3, -0.25) is 0 Å². The molecule has 3 rings (SSSR count). The Kier molecular flexibility index (Phi) is 3.21. The molecule has 4 nitrogen and oxygen atoms in total. The summed E-state index contributed by atoms with van der Waals surface area (Å²) >= 11 is 1.41. The lowest BCUT2D eigenvalue weighted by atomic mass is 9.96. The van der Waals surface area contributed by atoms with Gasteiger partial charge in [-0.1, -0.05) is 6.42 Å². The minimum absolute atomic E-state index is 0.148. The summed E-state index contributed by atoms with van der Waals surface area (Å²) in [6.07, 6.45) is 4.66. The Morgan fingerprint density at radius 2 is 2.22 bits per heavy atom. The highest BCUT2D eigenvalue weighted by Crippen LogP contribution is 2.44. The molecule has 1 aromatic heterocycles. The number of thiophene rings is 1. The van der Waals surface area contributed by atoms with Gasteiger partial charge in [0, 0.05) is 22.8 Å². The van der Waals surface area contributed by atoms with E-state index in [4.69, 9.17) is 5.73 Å². The number of nitrogens with one attached hydrogen (secondary N) is 1. The van der Waals surface area contributed by atoms with E-state index in [1.54, 1.807) is 11.4 Å². The van der Waals surface area contributed by atoms with Crippen molar-refractivity contribution >= 4 is 21.4 Å². The monoisotopic (exact) mass is 286 g/mol. The van der Waals surface area contributed by atoms with E-state index >= 15 is 0 Å². The van der Waals surface area contributed by atoms with Crippen LogP contribution in [-0.2, 0) is 16.6 Å². The predicted octanol–water partition coefficient (Wildman–Crippen LogP) is 1.67. The number of fused-ring (bicyclic) bond motifs is 2. The molecule has 1 heterocycles. The summed E-state index contributed by atoms with van der Waals surface area (Å²) in [7, 11) is -3.35. The summed E-state index contributed by atoms with van der Waals surface area (Å²) in [4.78, 5) is 1.28. The Balaban J connectivity index is 1.75. The van der Waals surface area contributed by atoms with Crippen molar-refractivity contribution in [2.24, 2.45) is 17.6 Å². The van der Waals surface area contributed by atoms with E-state index in [9.17, 15) is 8.42 Å². The van der Waals surface area contributed by atoms with Gasteiger partial charge >= 0.3 is 0 Å². The van der Waals surface area contributed by atoms with Crippen LogP contribution < -0.4 is 10.5 Å². The predicted molar refractivity (Wildman–Crippen MR) is 71.8 cm³/mol. The average Bonchev–Trinajstić information content (AvgIpc) is 3.04. The Labute approximate surface area is 112 Å². The standard InChI is InChI=1S/C12H18N2O2S2/c13-6-10-5-11(7-17-10)18(15,16)14-12-4-8-1-2-9(12)3-8/h5,7-9,12,14H,1-4,6,13H2. The summed E-state index contributed by atoms with van der Waals surface area (Å²) < 4.78 is 27.4. The lowest BCUT2D eigenvalue weighted by Gasteiger charge is -2.22. The highest BCUT2D eigenvalue weighted by Gasteiger charge is 2.41. The van der Waals surface area contributed by atoms with Crippen molar-refractivity contribution in [1.29, 1.82) is 0 Å². The van der Waals surface area contributed by atoms with Crippen LogP contribution >= 0.6 is 11.3 Å². The molecule has 0 aromatic carbocycles. The topological polar surface area (TPSA) is 72.2 Å². The molecule has 2 saturated carbocycles. The molecule has 0 aliphatic heterocycles. The maximum atomic E-state index is 12.2. The molecule has 2 aliphatic rings. The van der Waals surface area contributed by atoms with Gasteiger partial charge in [-0.05, 0) is 37.2 Å². The fourth-order valence-corrected chi connectivity index (χ4v) is 5.74. The summed E-state index contributed by atoms with van der Waals surface area (Å²) in [6.45, 7) is 0.397. The van der Waals surface area contributed by atoms with E-state index in [1.165, 1.54) is 30.6 Å². The average molecular weight is 286 g/mol. The summed E-state index contributed by atoms with van der Waals surface area (Å²) in [5.41, 5.74) is 5.51. The van der Waals surface area contributed by atoms with Gasteiger partial charge in [0.1, 0.15) is 0 Å². The summed E-state index contributed by atoms with van der Waals surface area (Å²) in [5, 5.41) is 1.68. The smallest absolute Gasteiger partial charge is 0.241 e. The van der Waals surface area contributed by atoms with Crippen molar-refractivity contribution in [2.75, 3.05) is 0 Å². The van der Waals surface area contributed by atoms with Crippen LogP contribution in [0.15, 0.2) is 16.3 Å². The van der Waals surface area contributed by atoms with Gasteiger partial charge < -0.3 is 5.73 Å². The van der Waals surface area contributed by atoms with E-state index in [-0.39, 0.29) is 6.04 Å². The second kappa shape index (κ2) is 4.59. The zero-order valence-corrected chi connectivity index (χ0v) is 11.8. The minimum Gasteiger partial charge on any atom is -0.326 e. The molecule has 0 amide bonds. The number of nitrogens with two attached hydrogens (primary N) is 1. The van der Waals surface area contributed by atoms with Crippen LogP contribution in [0.2, 0.25) is 0 Å². The van der Waals surface area contributed by atoms with Crippen LogP contribution in [0, 0.1) is 11.8 Å². The molecule has 2 fully saturated rings. The third-order valence-electron chi connectivity index (χ3n) is 4.19. The quantitative estimate of drug-likeness (QED) is 0.884. The van der Waals surface area contributed by atoms with Crippen molar-refractivity contribution < 1.29 is 8.42 Å². The maximum absolute atomic E-state index is 12.2. The molecule has 0 spiro atoms. The molecule has 1 aromatic rings.